The number of rotatable bonds is 2. The average molecular weight is 301 g/mol. The van der Waals surface area contributed by atoms with Crippen LogP contribution in [0.15, 0.2) is 0 Å². The molecule has 0 aliphatic carbocycles. The van der Waals surface area contributed by atoms with Crippen molar-refractivity contribution in [3.05, 3.63) is 0 Å². The van der Waals surface area contributed by atoms with E-state index in [0.717, 1.165) is 0 Å². The predicted octanol–water partition coefficient (Wildman–Crippen LogP) is 4.60. The van der Waals surface area contributed by atoms with Gasteiger partial charge in [-0.15, -0.1) is 11.6 Å². The van der Waals surface area contributed by atoms with Crippen molar-refractivity contribution < 1.29 is 35.1 Å². The van der Waals surface area contributed by atoms with E-state index < -0.39 is 29.5 Å². The van der Waals surface area contributed by atoms with Crippen molar-refractivity contribution in [1.29, 1.82) is 0 Å². The van der Waals surface area contributed by atoms with Crippen LogP contribution in [0.4, 0.5) is 35.1 Å². The summed E-state index contributed by atoms with van der Waals surface area (Å²) in [6.45, 7) is 0.458. The van der Waals surface area contributed by atoms with E-state index in [1.807, 2.05) is 0 Å². The van der Waals surface area contributed by atoms with Gasteiger partial charge in [0.05, 0.1) is 0 Å². The first kappa shape index (κ1) is 18.4. The molecule has 100 valence electrons. The largest absolute Gasteiger partial charge is 0.419 e. The van der Waals surface area contributed by atoms with Gasteiger partial charge in [-0.1, -0.05) is 0 Å². The van der Waals surface area contributed by atoms with Gasteiger partial charge in [-0.05, 0) is 18.5 Å². The van der Waals surface area contributed by atoms with Gasteiger partial charge < -0.3 is 0 Å². The van der Waals surface area contributed by atoms with Crippen LogP contribution in [0.1, 0.15) is 6.92 Å². The molecule has 0 amide bonds. The minimum atomic E-state index is -4.67. The summed E-state index contributed by atoms with van der Waals surface area (Å²) in [4.78, 5) is 0. The molecule has 0 nitrogen and oxygen atoms in total. The molecule has 0 aliphatic rings. The van der Waals surface area contributed by atoms with Crippen LogP contribution >= 0.6 is 23.2 Å². The summed E-state index contributed by atoms with van der Waals surface area (Å²) in [5.74, 6) is 0. The molecule has 0 spiro atoms. The Hall–Kier alpha value is 0.0200. The molecule has 0 aromatic carbocycles. The molecule has 0 N–H and O–H groups in total. The Labute approximate surface area is 95.5 Å². The normalized spacial score (nSPS) is 16.5. The maximum absolute atomic E-state index is 11.5. The van der Waals surface area contributed by atoms with Crippen LogP contribution in [0.2, 0.25) is 0 Å². The second-order valence-corrected chi connectivity index (χ2v) is 3.41. The molecular formula is C6H6Cl2F8. The van der Waals surface area contributed by atoms with Crippen LogP contribution in [0.3, 0.4) is 0 Å². The summed E-state index contributed by atoms with van der Waals surface area (Å²) in [7, 11) is 0. The van der Waals surface area contributed by atoms with E-state index in [0.29, 0.717) is 6.92 Å². The molecule has 0 aliphatic heterocycles. The van der Waals surface area contributed by atoms with Gasteiger partial charge in [0.25, 0.3) is 6.43 Å². The smallest absolute Gasteiger partial charge is 0.238 e. The Morgan fingerprint density at radius 1 is 0.938 bits per heavy atom. The van der Waals surface area contributed by atoms with Crippen LogP contribution in [0.5, 0.6) is 0 Å². The molecule has 0 heterocycles. The van der Waals surface area contributed by atoms with Gasteiger partial charge in [-0.2, -0.15) is 22.0 Å². The van der Waals surface area contributed by atoms with Crippen molar-refractivity contribution in [2.75, 3.05) is 0 Å². The van der Waals surface area contributed by atoms with Crippen LogP contribution in [-0.2, 0) is 0 Å². The second-order valence-electron chi connectivity index (χ2n) is 2.44. The van der Waals surface area contributed by atoms with Crippen molar-refractivity contribution in [2.24, 2.45) is 0 Å². The lowest BCUT2D eigenvalue weighted by Gasteiger charge is -2.12. The third kappa shape index (κ3) is 9.26. The monoisotopic (exact) mass is 300 g/mol. The molecule has 0 aromatic heterocycles. The van der Waals surface area contributed by atoms with Crippen LogP contribution in [-0.4, -0.2) is 29.5 Å². The highest BCUT2D eigenvalue weighted by Gasteiger charge is 2.42. The molecule has 0 saturated heterocycles. The topological polar surface area (TPSA) is 0 Å². The Bertz CT molecular complexity index is 184. The lowest BCUT2D eigenvalue weighted by Crippen LogP contribution is -2.28. The van der Waals surface area contributed by atoms with Crippen LogP contribution < -0.4 is 0 Å². The van der Waals surface area contributed by atoms with E-state index in [1.165, 1.54) is 0 Å². The second kappa shape index (κ2) is 6.68. The van der Waals surface area contributed by atoms with Crippen molar-refractivity contribution >= 4 is 23.2 Å². The van der Waals surface area contributed by atoms with Gasteiger partial charge in [-0.3, -0.25) is 0 Å². The maximum atomic E-state index is 11.5. The summed E-state index contributed by atoms with van der Waals surface area (Å²) < 4.78 is 89.0. The lowest BCUT2D eigenvalue weighted by atomic mass is 10.4. The van der Waals surface area contributed by atoms with Gasteiger partial charge >= 0.3 is 11.6 Å². The van der Waals surface area contributed by atoms with E-state index >= 15 is 0 Å². The van der Waals surface area contributed by atoms with E-state index in [4.69, 9.17) is 0 Å². The quantitative estimate of drug-likeness (QED) is 0.516. The van der Waals surface area contributed by atoms with E-state index in [1.54, 1.807) is 0 Å². The number of alkyl halides is 10. The summed E-state index contributed by atoms with van der Waals surface area (Å²) in [5.41, 5.74) is 0. The van der Waals surface area contributed by atoms with E-state index in [2.05, 4.69) is 23.2 Å². The van der Waals surface area contributed by atoms with Gasteiger partial charge in [0.1, 0.15) is 0 Å². The van der Waals surface area contributed by atoms with Crippen molar-refractivity contribution in [3.8, 4) is 0 Å². The van der Waals surface area contributed by atoms with Gasteiger partial charge in [0.2, 0.25) is 0 Å². The number of halogens is 10. The fourth-order valence-corrected chi connectivity index (χ4v) is 0.238. The molecular weight excluding hydrogens is 295 g/mol. The number of hydrogen-bond donors (Lipinski definition) is 0. The van der Waals surface area contributed by atoms with Gasteiger partial charge in [0, 0.05) is 0 Å². The van der Waals surface area contributed by atoms with Crippen molar-refractivity contribution in [2.45, 2.75) is 36.5 Å². The zero-order valence-corrected chi connectivity index (χ0v) is 9.02. The highest BCUT2D eigenvalue weighted by atomic mass is 35.5. The van der Waals surface area contributed by atoms with Gasteiger partial charge in [0.15, 0.2) is 11.5 Å². The fraction of sp³-hybridized carbons (Fsp3) is 1.00. The standard InChI is InChI=1S/C3H2Cl2F4.C3H4F4/c4-1(2(6)7)3(5,8)9;1-2(4)3(5,6)7/h1-2H;2H,1H3. The minimum Gasteiger partial charge on any atom is -0.238 e. The summed E-state index contributed by atoms with van der Waals surface area (Å²) in [6.07, 6.45) is -10.7. The molecule has 0 fully saturated rings. The molecule has 2 atom stereocenters. The zero-order chi connectivity index (χ0) is 13.7. The van der Waals surface area contributed by atoms with Crippen LogP contribution in [0, 0.1) is 0 Å². The molecule has 0 rings (SSSR count). The minimum absolute atomic E-state index is 0.458. The van der Waals surface area contributed by atoms with Gasteiger partial charge in [-0.25, -0.2) is 13.2 Å². The van der Waals surface area contributed by atoms with E-state index in [-0.39, 0.29) is 0 Å². The molecule has 2 unspecified atom stereocenters. The third-order valence-corrected chi connectivity index (χ3v) is 1.80. The van der Waals surface area contributed by atoms with Crippen molar-refractivity contribution in [3.63, 3.8) is 0 Å². The summed E-state index contributed by atoms with van der Waals surface area (Å²) >= 11 is 8.59. The first-order chi connectivity index (χ1) is 6.80. The summed E-state index contributed by atoms with van der Waals surface area (Å²) in [6, 6.07) is 0. The molecule has 0 radical (unpaired) electrons. The molecule has 0 bridgehead atoms. The zero-order valence-electron chi connectivity index (χ0n) is 7.51. The highest BCUT2D eigenvalue weighted by Crippen LogP contribution is 2.31. The Kier molecular flexibility index (Phi) is 7.68. The van der Waals surface area contributed by atoms with Crippen LogP contribution in [0.25, 0.3) is 0 Å². The highest BCUT2D eigenvalue weighted by molar-refractivity contribution is 6.31. The number of hydrogen-bond acceptors (Lipinski definition) is 0. The van der Waals surface area contributed by atoms with E-state index in [9.17, 15) is 35.1 Å². The molecule has 16 heavy (non-hydrogen) atoms. The predicted molar refractivity (Wildman–Crippen MR) is 43.1 cm³/mol. The first-order valence-electron chi connectivity index (χ1n) is 3.49. The molecule has 10 heteroatoms. The Balaban J connectivity index is 0. The third-order valence-electron chi connectivity index (χ3n) is 0.985. The Morgan fingerprint density at radius 3 is 1.19 bits per heavy atom. The molecule has 0 saturated carbocycles. The Morgan fingerprint density at radius 2 is 1.19 bits per heavy atom. The summed E-state index contributed by atoms with van der Waals surface area (Å²) in [5, 5.41) is -6.64. The maximum Gasteiger partial charge on any atom is 0.419 e. The van der Waals surface area contributed by atoms with Crippen molar-refractivity contribution in [1.82, 2.24) is 0 Å². The molecule has 0 aromatic rings. The average Bonchev–Trinajstić information content (AvgIpc) is 2.00. The SMILES string of the molecule is CC(F)C(F)(F)F.FC(F)C(Cl)C(F)(F)Cl. The first-order valence-corrected chi connectivity index (χ1v) is 4.31. The fourth-order valence-electron chi connectivity index (χ4n) is 0.143. The lowest BCUT2D eigenvalue weighted by molar-refractivity contribution is -0.174.